The fourth-order valence-corrected chi connectivity index (χ4v) is 4.61. The molecule has 0 aliphatic heterocycles. The minimum Gasteiger partial charge on any atom is -0.364 e. The van der Waals surface area contributed by atoms with Crippen molar-refractivity contribution in [2.24, 2.45) is 11.3 Å². The smallest absolute Gasteiger partial charge is 0.364 e. The van der Waals surface area contributed by atoms with Gasteiger partial charge in [-0.25, -0.2) is 0 Å². The number of nitrogens with one attached hydrogen (secondary N) is 1. The number of hydrogen-bond acceptors (Lipinski definition) is 2. The van der Waals surface area contributed by atoms with Crippen LogP contribution in [0.1, 0.15) is 39.5 Å². The summed E-state index contributed by atoms with van der Waals surface area (Å²) in [6, 6.07) is 0. The predicted molar refractivity (Wildman–Crippen MR) is 94.6 cm³/mol. The molecule has 0 saturated heterocycles. The van der Waals surface area contributed by atoms with E-state index in [2.05, 4.69) is 28.9 Å². The number of alkyl halides is 5. The summed E-state index contributed by atoms with van der Waals surface area (Å²) in [4.78, 5) is 13.6. The molecule has 2 rings (SSSR count). The number of fused-ring (bicyclic) bond motifs is 1. The lowest BCUT2D eigenvalue weighted by molar-refractivity contribution is -0.278. The number of ether oxygens (including phenoxy) is 1. The van der Waals surface area contributed by atoms with E-state index in [1.165, 1.54) is 5.57 Å². The Bertz CT molecular complexity index is 632. The molecular weight excluding hydrogens is 437 g/mol. The van der Waals surface area contributed by atoms with Gasteiger partial charge in [0.25, 0.3) is 0 Å². The zero-order chi connectivity index (χ0) is 20.5. The molecule has 1 amide bonds. The molecule has 0 aromatic heterocycles. The van der Waals surface area contributed by atoms with Crippen LogP contribution in [0.25, 0.3) is 0 Å². The van der Waals surface area contributed by atoms with E-state index in [1.807, 2.05) is 4.99 Å². The molecule has 3 nitrogen and oxygen atoms in total. The van der Waals surface area contributed by atoms with Crippen LogP contribution >= 0.6 is 15.9 Å². The normalized spacial score (nSPS) is 28.7. The summed E-state index contributed by atoms with van der Waals surface area (Å²) in [5, 5.41) is 1.59. The molecule has 154 valence electrons. The third kappa shape index (κ3) is 4.72. The molecule has 2 aliphatic carbocycles. The van der Waals surface area contributed by atoms with Gasteiger partial charge in [-0.05, 0) is 54.5 Å². The molecule has 1 fully saturated rings. The SMILES string of the molecule is C[C@H](OCC(=O)NCC(F)(F)C(F)(F)F)C1=CCC2/C(=C/Br)CCC[C@]12C. The largest absolute Gasteiger partial charge is 0.455 e. The average Bonchev–Trinajstić information content (AvgIpc) is 2.93. The van der Waals surface area contributed by atoms with Gasteiger partial charge < -0.3 is 10.1 Å². The average molecular weight is 460 g/mol. The fraction of sp³-hybridized carbons (Fsp3) is 0.722. The van der Waals surface area contributed by atoms with E-state index < -0.39 is 37.3 Å². The van der Waals surface area contributed by atoms with Crippen molar-refractivity contribution in [1.29, 1.82) is 0 Å². The van der Waals surface area contributed by atoms with Gasteiger partial charge in [0.05, 0.1) is 12.6 Å². The van der Waals surface area contributed by atoms with Crippen LogP contribution in [0.15, 0.2) is 22.2 Å². The van der Waals surface area contributed by atoms with Gasteiger partial charge in [-0.2, -0.15) is 22.0 Å². The Morgan fingerprint density at radius 3 is 2.70 bits per heavy atom. The van der Waals surface area contributed by atoms with Crippen molar-refractivity contribution >= 4 is 21.8 Å². The highest BCUT2D eigenvalue weighted by atomic mass is 79.9. The number of halogens is 6. The number of hydrogen-bond donors (Lipinski definition) is 1. The van der Waals surface area contributed by atoms with E-state index in [1.54, 1.807) is 12.2 Å². The maximum Gasteiger partial charge on any atom is 0.455 e. The minimum absolute atomic E-state index is 0.100. The molecule has 2 aliphatic rings. The summed E-state index contributed by atoms with van der Waals surface area (Å²) >= 11 is 3.41. The number of carbonyl (C=O) groups is 1. The van der Waals surface area contributed by atoms with Crippen LogP contribution in [0, 0.1) is 11.3 Å². The Balaban J connectivity index is 1.89. The van der Waals surface area contributed by atoms with E-state index >= 15 is 0 Å². The van der Waals surface area contributed by atoms with Crippen molar-refractivity contribution in [3.05, 3.63) is 22.2 Å². The van der Waals surface area contributed by atoms with Crippen molar-refractivity contribution in [2.45, 2.75) is 57.7 Å². The molecule has 27 heavy (non-hydrogen) atoms. The second kappa shape index (κ2) is 8.19. The number of allylic oxidation sites excluding steroid dienone is 2. The molecule has 1 N–H and O–H groups in total. The Labute approximate surface area is 163 Å². The molecule has 0 heterocycles. The van der Waals surface area contributed by atoms with Gasteiger partial charge in [0.1, 0.15) is 6.61 Å². The first-order chi connectivity index (χ1) is 12.4. The molecule has 0 aromatic carbocycles. The van der Waals surface area contributed by atoms with Crippen LogP contribution < -0.4 is 5.32 Å². The number of carbonyl (C=O) groups excluding carboxylic acids is 1. The first kappa shape index (κ1) is 22.3. The van der Waals surface area contributed by atoms with E-state index in [0.717, 1.165) is 31.3 Å². The lowest BCUT2D eigenvalue weighted by Crippen LogP contribution is -2.47. The van der Waals surface area contributed by atoms with Gasteiger partial charge in [-0.15, -0.1) is 0 Å². The Hall–Kier alpha value is -0.960. The van der Waals surface area contributed by atoms with Crippen molar-refractivity contribution in [3.63, 3.8) is 0 Å². The summed E-state index contributed by atoms with van der Waals surface area (Å²) in [7, 11) is 0. The molecule has 0 spiro atoms. The van der Waals surface area contributed by atoms with Crippen LogP contribution in [0.3, 0.4) is 0 Å². The third-order valence-corrected chi connectivity index (χ3v) is 6.16. The second-order valence-corrected chi connectivity index (χ2v) is 7.79. The van der Waals surface area contributed by atoms with Gasteiger partial charge in [0, 0.05) is 0 Å². The Morgan fingerprint density at radius 2 is 2.11 bits per heavy atom. The molecule has 0 bridgehead atoms. The fourth-order valence-electron chi connectivity index (χ4n) is 4.06. The van der Waals surface area contributed by atoms with Crippen LogP contribution in [-0.4, -0.2) is 37.3 Å². The molecule has 0 radical (unpaired) electrons. The molecule has 0 aromatic rings. The van der Waals surface area contributed by atoms with Crippen molar-refractivity contribution in [2.75, 3.05) is 13.2 Å². The van der Waals surface area contributed by atoms with E-state index in [9.17, 15) is 26.7 Å². The minimum atomic E-state index is -5.70. The van der Waals surface area contributed by atoms with Gasteiger partial charge in [0.2, 0.25) is 5.91 Å². The lowest BCUT2D eigenvalue weighted by Gasteiger charge is -2.42. The summed E-state index contributed by atoms with van der Waals surface area (Å²) in [6.45, 7) is 1.54. The summed E-state index contributed by atoms with van der Waals surface area (Å²) in [5.41, 5.74) is 2.28. The van der Waals surface area contributed by atoms with Crippen LogP contribution in [0.4, 0.5) is 22.0 Å². The van der Waals surface area contributed by atoms with Gasteiger partial charge >= 0.3 is 12.1 Å². The number of amides is 1. The van der Waals surface area contributed by atoms with E-state index in [4.69, 9.17) is 4.74 Å². The van der Waals surface area contributed by atoms with Gasteiger partial charge in [-0.3, -0.25) is 4.79 Å². The van der Waals surface area contributed by atoms with Crippen LogP contribution in [0.5, 0.6) is 0 Å². The zero-order valence-electron chi connectivity index (χ0n) is 15.1. The standard InChI is InChI=1S/C18H23BrF5NO2/c1-11(27-9-15(26)25-10-17(20,21)18(22,23)24)13-5-6-14-12(8-19)4-3-7-16(13,14)2/h5,8,11,14H,3-4,6-7,9-10H2,1-2H3,(H,25,26)/b12-8+/t11-,14?,16+/m0/s1. The van der Waals surface area contributed by atoms with Crippen molar-refractivity contribution in [3.8, 4) is 0 Å². The summed E-state index contributed by atoms with van der Waals surface area (Å²) < 4.78 is 67.5. The van der Waals surface area contributed by atoms with E-state index in [-0.39, 0.29) is 5.41 Å². The molecule has 3 atom stereocenters. The molecule has 9 heteroatoms. The predicted octanol–water partition coefficient (Wildman–Crippen LogP) is 5.12. The first-order valence-corrected chi connectivity index (χ1v) is 9.66. The maximum absolute atomic E-state index is 12.8. The first-order valence-electron chi connectivity index (χ1n) is 8.75. The summed E-state index contributed by atoms with van der Waals surface area (Å²) in [5.74, 6) is -5.62. The Kier molecular flexibility index (Phi) is 6.77. The highest BCUT2D eigenvalue weighted by molar-refractivity contribution is 9.11. The second-order valence-electron chi connectivity index (χ2n) is 7.33. The third-order valence-electron chi connectivity index (χ3n) is 5.58. The highest BCUT2D eigenvalue weighted by Gasteiger charge is 2.57. The van der Waals surface area contributed by atoms with Crippen molar-refractivity contribution < 1.29 is 31.5 Å². The lowest BCUT2D eigenvalue weighted by atomic mass is 9.64. The molecular formula is C18H23BrF5NO2. The van der Waals surface area contributed by atoms with Gasteiger partial charge in [-0.1, -0.05) is 34.5 Å². The van der Waals surface area contributed by atoms with Crippen molar-refractivity contribution in [1.82, 2.24) is 5.32 Å². The topological polar surface area (TPSA) is 38.3 Å². The quantitative estimate of drug-likeness (QED) is 0.442. The zero-order valence-corrected chi connectivity index (χ0v) is 16.7. The molecule has 1 saturated carbocycles. The summed E-state index contributed by atoms with van der Waals surface area (Å²) in [6.07, 6.45) is -0.143. The Morgan fingerprint density at radius 1 is 1.44 bits per heavy atom. The van der Waals surface area contributed by atoms with Crippen LogP contribution in [-0.2, 0) is 9.53 Å². The highest BCUT2D eigenvalue weighted by Crippen LogP contribution is 2.55. The number of rotatable bonds is 6. The molecule has 1 unspecified atom stereocenters. The monoisotopic (exact) mass is 459 g/mol. The van der Waals surface area contributed by atoms with Gasteiger partial charge in [0.15, 0.2) is 0 Å². The maximum atomic E-state index is 12.8. The van der Waals surface area contributed by atoms with Crippen LogP contribution in [0.2, 0.25) is 0 Å². The van der Waals surface area contributed by atoms with E-state index in [0.29, 0.717) is 5.92 Å².